The fraction of sp³-hybridized carbons (Fsp3) is 0. The van der Waals surface area contributed by atoms with Gasteiger partial charge in [-0.2, -0.15) is 16.8 Å². The van der Waals surface area contributed by atoms with E-state index in [4.69, 9.17) is 20.6 Å². The molecule has 0 atom stereocenters. The molecule has 2 aromatic rings. The third kappa shape index (κ3) is 4.11. The Morgan fingerprint density at radius 2 is 1.04 bits per heavy atom. The van der Waals surface area contributed by atoms with E-state index in [2.05, 4.69) is 0 Å². The third-order valence-electron chi connectivity index (χ3n) is 3.10. The van der Waals surface area contributed by atoms with E-state index in [-0.39, 0.29) is 11.4 Å². The molecule has 0 saturated heterocycles. The van der Waals surface area contributed by atoms with Crippen molar-refractivity contribution in [3.63, 3.8) is 0 Å². The Morgan fingerprint density at radius 3 is 1.33 bits per heavy atom. The van der Waals surface area contributed by atoms with E-state index >= 15 is 0 Å². The molecule has 128 valence electrons. The maximum Gasteiger partial charge on any atom is 0.296 e. The first-order valence-electron chi connectivity index (χ1n) is 6.40. The van der Waals surface area contributed by atoms with Gasteiger partial charge < -0.3 is 11.5 Å². The van der Waals surface area contributed by atoms with Crippen LogP contribution in [0.3, 0.4) is 0 Å². The summed E-state index contributed by atoms with van der Waals surface area (Å²) < 4.78 is 63.1. The fourth-order valence-corrected chi connectivity index (χ4v) is 3.25. The van der Waals surface area contributed by atoms with E-state index in [9.17, 15) is 16.8 Å². The van der Waals surface area contributed by atoms with Crippen LogP contribution in [0.25, 0.3) is 12.2 Å². The van der Waals surface area contributed by atoms with Crippen LogP contribution in [-0.4, -0.2) is 25.9 Å². The van der Waals surface area contributed by atoms with Crippen molar-refractivity contribution in [3.05, 3.63) is 47.5 Å². The lowest BCUT2D eigenvalue weighted by atomic mass is 10.1. The molecule has 0 heterocycles. The second-order valence-corrected chi connectivity index (χ2v) is 7.66. The van der Waals surface area contributed by atoms with Crippen molar-refractivity contribution in [2.75, 3.05) is 11.5 Å². The van der Waals surface area contributed by atoms with Gasteiger partial charge in [0.25, 0.3) is 20.2 Å². The second-order valence-electron chi connectivity index (χ2n) is 4.88. The number of anilines is 2. The van der Waals surface area contributed by atoms with Crippen molar-refractivity contribution >= 4 is 43.8 Å². The predicted octanol–water partition coefficient (Wildman–Crippen LogP) is 1.51. The van der Waals surface area contributed by atoms with Crippen molar-refractivity contribution in [1.82, 2.24) is 0 Å². The Hall–Kier alpha value is -2.40. The van der Waals surface area contributed by atoms with E-state index in [1.807, 2.05) is 0 Å². The zero-order valence-electron chi connectivity index (χ0n) is 12.1. The van der Waals surface area contributed by atoms with Crippen LogP contribution in [-0.2, 0) is 20.2 Å². The smallest absolute Gasteiger partial charge is 0.296 e. The van der Waals surface area contributed by atoms with E-state index < -0.39 is 30.0 Å². The molecule has 0 amide bonds. The Morgan fingerprint density at radius 1 is 0.708 bits per heavy atom. The van der Waals surface area contributed by atoms with E-state index in [0.29, 0.717) is 11.1 Å². The summed E-state index contributed by atoms with van der Waals surface area (Å²) in [5.74, 6) is 0. The number of hydrogen-bond acceptors (Lipinski definition) is 6. The van der Waals surface area contributed by atoms with Crippen molar-refractivity contribution in [3.8, 4) is 0 Å². The first-order chi connectivity index (χ1) is 11.0. The molecule has 10 heteroatoms. The number of benzene rings is 2. The molecule has 6 N–H and O–H groups in total. The minimum absolute atomic E-state index is 0.101. The SMILES string of the molecule is Nc1ccc(C=Cc2ccc(N)c(S(=O)(=O)O)c2)cc1S(=O)(=O)O. The molecule has 0 radical (unpaired) electrons. The quantitative estimate of drug-likeness (QED) is 0.358. The molecule has 0 aliphatic heterocycles. The normalized spacial score (nSPS) is 12.6. The van der Waals surface area contributed by atoms with Gasteiger partial charge in [-0.05, 0) is 35.4 Å². The van der Waals surface area contributed by atoms with Gasteiger partial charge in [-0.15, -0.1) is 0 Å². The van der Waals surface area contributed by atoms with Gasteiger partial charge in [-0.3, -0.25) is 9.11 Å². The zero-order valence-corrected chi connectivity index (χ0v) is 13.8. The monoisotopic (exact) mass is 370 g/mol. The maximum atomic E-state index is 11.2. The molecule has 0 aliphatic carbocycles. The minimum atomic E-state index is -4.46. The van der Waals surface area contributed by atoms with E-state index in [1.54, 1.807) is 0 Å². The molecule has 2 rings (SSSR count). The molecule has 8 nitrogen and oxygen atoms in total. The average molecular weight is 370 g/mol. The van der Waals surface area contributed by atoms with Crippen LogP contribution < -0.4 is 11.5 Å². The lowest BCUT2D eigenvalue weighted by molar-refractivity contribution is 0.481. The van der Waals surface area contributed by atoms with Crippen LogP contribution in [0.2, 0.25) is 0 Å². The Bertz CT molecular complexity index is 944. The van der Waals surface area contributed by atoms with Gasteiger partial charge in [0.05, 0.1) is 11.4 Å². The largest absolute Gasteiger partial charge is 0.398 e. The molecule has 24 heavy (non-hydrogen) atoms. The molecule has 2 aromatic carbocycles. The van der Waals surface area contributed by atoms with Crippen LogP contribution in [0.4, 0.5) is 11.4 Å². The van der Waals surface area contributed by atoms with Crippen LogP contribution in [0.15, 0.2) is 46.2 Å². The summed E-state index contributed by atoms with van der Waals surface area (Å²) >= 11 is 0. The second kappa shape index (κ2) is 6.24. The third-order valence-corrected chi connectivity index (χ3v) is 4.92. The summed E-state index contributed by atoms with van der Waals surface area (Å²) in [7, 11) is -8.92. The van der Waals surface area contributed by atoms with Crippen LogP contribution in [0.1, 0.15) is 11.1 Å². The highest BCUT2D eigenvalue weighted by molar-refractivity contribution is 7.86. The highest BCUT2D eigenvalue weighted by Gasteiger charge is 2.15. The standard InChI is InChI=1S/C14H14N2O6S2/c15-11-5-3-9(7-13(11)23(17,18)19)1-2-10-4-6-12(16)14(8-10)24(20,21)22/h1-8H,15-16H2,(H,17,18,19)(H,20,21,22). The van der Waals surface area contributed by atoms with Gasteiger partial charge in [0, 0.05) is 0 Å². The van der Waals surface area contributed by atoms with Gasteiger partial charge in [0.15, 0.2) is 0 Å². The predicted molar refractivity (Wildman–Crippen MR) is 90.3 cm³/mol. The maximum absolute atomic E-state index is 11.2. The fourth-order valence-electron chi connectivity index (χ4n) is 1.95. The lowest BCUT2D eigenvalue weighted by Crippen LogP contribution is -2.03. The number of hydrogen-bond donors (Lipinski definition) is 4. The molecule has 0 saturated carbocycles. The molecule has 0 spiro atoms. The Kier molecular flexibility index (Phi) is 4.67. The topological polar surface area (TPSA) is 161 Å². The van der Waals surface area contributed by atoms with Crippen molar-refractivity contribution in [1.29, 1.82) is 0 Å². The molecular formula is C14H14N2O6S2. The van der Waals surface area contributed by atoms with E-state index in [0.717, 1.165) is 0 Å². The van der Waals surface area contributed by atoms with Crippen molar-refractivity contribution in [2.24, 2.45) is 0 Å². The molecule has 0 aliphatic rings. The summed E-state index contributed by atoms with van der Waals surface area (Å²) in [5, 5.41) is 0. The number of nitrogen functional groups attached to an aromatic ring is 2. The van der Waals surface area contributed by atoms with Crippen LogP contribution in [0, 0.1) is 0 Å². The van der Waals surface area contributed by atoms with Crippen molar-refractivity contribution in [2.45, 2.75) is 9.79 Å². The van der Waals surface area contributed by atoms with E-state index in [1.165, 1.54) is 48.6 Å². The lowest BCUT2D eigenvalue weighted by Gasteiger charge is -2.05. The first-order valence-corrected chi connectivity index (χ1v) is 9.28. The summed E-state index contributed by atoms with van der Waals surface area (Å²) in [6.07, 6.45) is 2.96. The summed E-state index contributed by atoms with van der Waals surface area (Å²) in [6, 6.07) is 8.00. The Labute approximate surface area is 138 Å². The number of rotatable bonds is 4. The van der Waals surface area contributed by atoms with Gasteiger partial charge in [0.1, 0.15) is 9.79 Å². The highest BCUT2D eigenvalue weighted by Crippen LogP contribution is 2.23. The summed E-state index contributed by atoms with van der Waals surface area (Å²) in [5.41, 5.74) is 11.6. The molecule has 0 unspecified atom stereocenters. The van der Waals surface area contributed by atoms with Gasteiger partial charge in [0.2, 0.25) is 0 Å². The molecular weight excluding hydrogens is 356 g/mol. The van der Waals surface area contributed by atoms with Gasteiger partial charge >= 0.3 is 0 Å². The van der Waals surface area contributed by atoms with Gasteiger partial charge in [-0.25, -0.2) is 0 Å². The first kappa shape index (κ1) is 17.9. The molecule has 0 bridgehead atoms. The minimum Gasteiger partial charge on any atom is -0.398 e. The highest BCUT2D eigenvalue weighted by atomic mass is 32.2. The summed E-state index contributed by atoms with van der Waals surface area (Å²) in [6.45, 7) is 0. The molecule has 0 aromatic heterocycles. The van der Waals surface area contributed by atoms with Crippen molar-refractivity contribution < 1.29 is 25.9 Å². The zero-order chi connectivity index (χ0) is 18.1. The Balaban J connectivity index is 2.43. The van der Waals surface area contributed by atoms with Crippen LogP contribution in [0.5, 0.6) is 0 Å². The summed E-state index contributed by atoms with van der Waals surface area (Å²) in [4.78, 5) is -0.860. The molecule has 0 fully saturated rings. The number of nitrogens with two attached hydrogens (primary N) is 2. The van der Waals surface area contributed by atoms with Gasteiger partial charge in [-0.1, -0.05) is 24.3 Å². The van der Waals surface area contributed by atoms with Crippen LogP contribution >= 0.6 is 0 Å². The average Bonchev–Trinajstić information content (AvgIpc) is 2.45.